The molecule has 4 nitrogen and oxygen atoms in total. The summed E-state index contributed by atoms with van der Waals surface area (Å²) in [4.78, 5) is 26.0. The standard InChI is InChI=1S/C17H21FN2O2/c18-15-3-1-2-12(10-15)11-19-16(21)13-6-8-20(9-7-13)17(22)14-4-5-14/h1-3,10,13-14H,4-9,11H2,(H,19,21). The van der Waals surface area contributed by atoms with E-state index in [4.69, 9.17) is 0 Å². The molecule has 1 heterocycles. The van der Waals surface area contributed by atoms with Crippen molar-refractivity contribution in [3.63, 3.8) is 0 Å². The minimum absolute atomic E-state index is 0.00258. The highest BCUT2D eigenvalue weighted by atomic mass is 19.1. The number of hydrogen-bond donors (Lipinski definition) is 1. The van der Waals surface area contributed by atoms with Crippen LogP contribution in [0.25, 0.3) is 0 Å². The fraction of sp³-hybridized carbons (Fsp3) is 0.529. The highest BCUT2D eigenvalue weighted by Gasteiger charge is 2.35. The number of carbonyl (C=O) groups excluding carboxylic acids is 2. The van der Waals surface area contributed by atoms with E-state index in [0.717, 1.165) is 18.4 Å². The van der Waals surface area contributed by atoms with Crippen LogP contribution in [-0.4, -0.2) is 29.8 Å². The molecule has 0 spiro atoms. The number of nitrogens with zero attached hydrogens (tertiary/aromatic N) is 1. The van der Waals surface area contributed by atoms with Crippen LogP contribution in [0.15, 0.2) is 24.3 Å². The molecule has 0 bridgehead atoms. The van der Waals surface area contributed by atoms with Gasteiger partial charge in [-0.05, 0) is 43.4 Å². The number of benzene rings is 1. The molecule has 2 aliphatic rings. The number of rotatable bonds is 4. The molecule has 1 saturated carbocycles. The van der Waals surface area contributed by atoms with Crippen molar-refractivity contribution in [2.75, 3.05) is 13.1 Å². The number of piperidine rings is 1. The highest BCUT2D eigenvalue weighted by Crippen LogP contribution is 2.32. The van der Waals surface area contributed by atoms with Gasteiger partial charge in [0.2, 0.25) is 11.8 Å². The third-order valence-electron chi connectivity index (χ3n) is 4.46. The quantitative estimate of drug-likeness (QED) is 0.926. The van der Waals surface area contributed by atoms with E-state index in [2.05, 4.69) is 5.32 Å². The lowest BCUT2D eigenvalue weighted by molar-refractivity contribution is -0.136. The molecule has 0 atom stereocenters. The summed E-state index contributed by atoms with van der Waals surface area (Å²) >= 11 is 0. The molecular formula is C17H21FN2O2. The third kappa shape index (κ3) is 3.64. The van der Waals surface area contributed by atoms with Gasteiger partial charge in [0.25, 0.3) is 0 Å². The van der Waals surface area contributed by atoms with Gasteiger partial charge in [-0.3, -0.25) is 9.59 Å². The maximum atomic E-state index is 13.1. The molecule has 2 amide bonds. The molecule has 118 valence electrons. The molecule has 1 aromatic carbocycles. The first-order valence-electron chi connectivity index (χ1n) is 7.94. The predicted molar refractivity (Wildman–Crippen MR) is 80.3 cm³/mol. The van der Waals surface area contributed by atoms with Gasteiger partial charge in [-0.25, -0.2) is 4.39 Å². The Morgan fingerprint density at radius 3 is 2.50 bits per heavy atom. The van der Waals surface area contributed by atoms with Crippen LogP contribution in [0.5, 0.6) is 0 Å². The van der Waals surface area contributed by atoms with Crippen molar-refractivity contribution in [1.82, 2.24) is 10.2 Å². The van der Waals surface area contributed by atoms with Crippen LogP contribution < -0.4 is 5.32 Å². The zero-order valence-electron chi connectivity index (χ0n) is 12.6. The Hall–Kier alpha value is -1.91. The molecule has 1 aliphatic heterocycles. The second-order valence-corrected chi connectivity index (χ2v) is 6.22. The number of carbonyl (C=O) groups is 2. The Morgan fingerprint density at radius 1 is 1.14 bits per heavy atom. The van der Waals surface area contributed by atoms with E-state index in [9.17, 15) is 14.0 Å². The summed E-state index contributed by atoms with van der Waals surface area (Å²) in [7, 11) is 0. The van der Waals surface area contributed by atoms with Gasteiger partial charge in [0.1, 0.15) is 5.82 Å². The van der Waals surface area contributed by atoms with Gasteiger partial charge in [-0.1, -0.05) is 12.1 Å². The zero-order valence-corrected chi connectivity index (χ0v) is 12.6. The second-order valence-electron chi connectivity index (χ2n) is 6.22. The molecule has 1 N–H and O–H groups in total. The molecule has 0 unspecified atom stereocenters. The van der Waals surface area contributed by atoms with Crippen LogP contribution >= 0.6 is 0 Å². The first-order chi connectivity index (χ1) is 10.6. The van der Waals surface area contributed by atoms with E-state index in [1.807, 2.05) is 4.90 Å². The fourth-order valence-electron chi connectivity index (χ4n) is 2.93. The molecule has 0 radical (unpaired) electrons. The minimum Gasteiger partial charge on any atom is -0.352 e. The van der Waals surface area contributed by atoms with Crippen molar-refractivity contribution in [2.45, 2.75) is 32.2 Å². The Labute approximate surface area is 129 Å². The lowest BCUT2D eigenvalue weighted by atomic mass is 9.95. The average Bonchev–Trinajstić information content (AvgIpc) is 3.37. The minimum atomic E-state index is -0.293. The summed E-state index contributed by atoms with van der Waals surface area (Å²) in [6.07, 6.45) is 3.47. The highest BCUT2D eigenvalue weighted by molar-refractivity contribution is 5.82. The van der Waals surface area contributed by atoms with E-state index < -0.39 is 0 Å². The number of likely N-dealkylation sites (tertiary alicyclic amines) is 1. The molecule has 1 aromatic rings. The normalized spacial score (nSPS) is 19.0. The van der Waals surface area contributed by atoms with Gasteiger partial charge < -0.3 is 10.2 Å². The summed E-state index contributed by atoms with van der Waals surface area (Å²) in [6.45, 7) is 1.69. The van der Waals surface area contributed by atoms with Crippen LogP contribution in [0.2, 0.25) is 0 Å². The fourth-order valence-corrected chi connectivity index (χ4v) is 2.93. The van der Waals surface area contributed by atoms with Crippen molar-refractivity contribution >= 4 is 11.8 Å². The summed E-state index contributed by atoms with van der Waals surface area (Å²) in [5.74, 6) is 0.176. The lowest BCUT2D eigenvalue weighted by Crippen LogP contribution is -2.43. The Morgan fingerprint density at radius 2 is 1.86 bits per heavy atom. The van der Waals surface area contributed by atoms with Gasteiger partial charge in [-0.2, -0.15) is 0 Å². The molecule has 2 fully saturated rings. The van der Waals surface area contributed by atoms with Crippen molar-refractivity contribution in [3.8, 4) is 0 Å². The SMILES string of the molecule is O=C(NCc1cccc(F)c1)C1CCN(C(=O)C2CC2)CC1. The van der Waals surface area contributed by atoms with Gasteiger partial charge in [0, 0.05) is 31.5 Å². The predicted octanol–water partition coefficient (Wildman–Crippen LogP) is 2.09. The first-order valence-corrected chi connectivity index (χ1v) is 7.94. The van der Waals surface area contributed by atoms with Crippen LogP contribution in [0.4, 0.5) is 4.39 Å². The largest absolute Gasteiger partial charge is 0.352 e. The Balaban J connectivity index is 1.44. The van der Waals surface area contributed by atoms with Gasteiger partial charge >= 0.3 is 0 Å². The lowest BCUT2D eigenvalue weighted by Gasteiger charge is -2.31. The van der Waals surface area contributed by atoms with E-state index >= 15 is 0 Å². The van der Waals surface area contributed by atoms with Crippen molar-refractivity contribution < 1.29 is 14.0 Å². The first kappa shape index (κ1) is 15.0. The van der Waals surface area contributed by atoms with Crippen molar-refractivity contribution in [3.05, 3.63) is 35.6 Å². The van der Waals surface area contributed by atoms with E-state index in [-0.39, 0.29) is 29.5 Å². The van der Waals surface area contributed by atoms with Gasteiger partial charge in [0.15, 0.2) is 0 Å². The summed E-state index contributed by atoms with van der Waals surface area (Å²) in [5.41, 5.74) is 0.759. The second kappa shape index (κ2) is 6.46. The molecule has 3 rings (SSSR count). The van der Waals surface area contributed by atoms with Crippen molar-refractivity contribution in [2.24, 2.45) is 11.8 Å². The topological polar surface area (TPSA) is 49.4 Å². The maximum absolute atomic E-state index is 13.1. The summed E-state index contributed by atoms with van der Waals surface area (Å²) in [5, 5.41) is 2.87. The summed E-state index contributed by atoms with van der Waals surface area (Å²) < 4.78 is 13.1. The monoisotopic (exact) mass is 304 g/mol. The van der Waals surface area contributed by atoms with Gasteiger partial charge in [0.05, 0.1) is 0 Å². The van der Waals surface area contributed by atoms with Crippen molar-refractivity contribution in [1.29, 1.82) is 0 Å². The van der Waals surface area contributed by atoms with Crippen LogP contribution in [-0.2, 0) is 16.1 Å². The Bertz CT molecular complexity index is 564. The zero-order chi connectivity index (χ0) is 15.5. The Kier molecular flexibility index (Phi) is 4.41. The van der Waals surface area contributed by atoms with E-state index in [1.54, 1.807) is 12.1 Å². The number of halogens is 1. The van der Waals surface area contributed by atoms with Gasteiger partial charge in [-0.15, -0.1) is 0 Å². The maximum Gasteiger partial charge on any atom is 0.225 e. The van der Waals surface area contributed by atoms with Crippen LogP contribution in [0, 0.1) is 17.7 Å². The molecule has 1 saturated heterocycles. The molecule has 0 aromatic heterocycles. The molecular weight excluding hydrogens is 283 g/mol. The summed E-state index contributed by atoms with van der Waals surface area (Å²) in [6, 6.07) is 6.24. The van der Waals surface area contributed by atoms with E-state index in [0.29, 0.717) is 32.5 Å². The number of amides is 2. The number of nitrogens with one attached hydrogen (secondary N) is 1. The smallest absolute Gasteiger partial charge is 0.225 e. The van der Waals surface area contributed by atoms with Crippen LogP contribution in [0.3, 0.4) is 0 Å². The average molecular weight is 304 g/mol. The molecule has 22 heavy (non-hydrogen) atoms. The molecule has 1 aliphatic carbocycles. The van der Waals surface area contributed by atoms with E-state index in [1.165, 1.54) is 12.1 Å². The molecule has 5 heteroatoms. The van der Waals surface area contributed by atoms with Crippen LogP contribution in [0.1, 0.15) is 31.2 Å². The number of hydrogen-bond acceptors (Lipinski definition) is 2. The third-order valence-corrected chi connectivity index (χ3v) is 4.46.